The number of hydrogen-bond donors (Lipinski definition) is 0. The van der Waals surface area contributed by atoms with Gasteiger partial charge in [-0.3, -0.25) is 4.98 Å². The number of benzene rings is 2. The highest BCUT2D eigenvalue weighted by Gasteiger charge is 2.16. The molecule has 2 aromatic carbocycles. The Balaban J connectivity index is 1.72. The fourth-order valence-electron chi connectivity index (χ4n) is 2.67. The Labute approximate surface area is 148 Å². The smallest absolute Gasteiger partial charge is 0.0862 e. The van der Waals surface area contributed by atoms with Gasteiger partial charge in [0, 0.05) is 23.0 Å². The van der Waals surface area contributed by atoms with Gasteiger partial charge in [0.05, 0.1) is 12.7 Å². The van der Waals surface area contributed by atoms with Crippen LogP contribution in [0.5, 0.6) is 0 Å². The summed E-state index contributed by atoms with van der Waals surface area (Å²) in [5.74, 6) is 0. The van der Waals surface area contributed by atoms with Crippen LogP contribution in [0.1, 0.15) is 29.2 Å². The number of nitrogens with zero attached hydrogens (tertiary/aromatic N) is 1. The van der Waals surface area contributed by atoms with Crippen LogP contribution in [0.15, 0.2) is 79.1 Å². The van der Waals surface area contributed by atoms with Gasteiger partial charge in [-0.2, -0.15) is 0 Å². The maximum Gasteiger partial charge on any atom is 0.0862 e. The SMILES string of the molecule is Clc1ccncc1C(CCc1ccccc1)OCc1ccccc1. The molecular weight excluding hydrogens is 318 g/mol. The number of hydrogen-bond acceptors (Lipinski definition) is 2. The van der Waals surface area contributed by atoms with E-state index in [9.17, 15) is 0 Å². The van der Waals surface area contributed by atoms with Gasteiger partial charge in [0.15, 0.2) is 0 Å². The van der Waals surface area contributed by atoms with Crippen LogP contribution in [-0.4, -0.2) is 4.98 Å². The van der Waals surface area contributed by atoms with Crippen molar-refractivity contribution in [2.45, 2.75) is 25.6 Å². The molecule has 24 heavy (non-hydrogen) atoms. The lowest BCUT2D eigenvalue weighted by Gasteiger charge is -2.19. The lowest BCUT2D eigenvalue weighted by atomic mass is 10.0. The summed E-state index contributed by atoms with van der Waals surface area (Å²) in [4.78, 5) is 4.21. The average Bonchev–Trinajstić information content (AvgIpc) is 2.64. The maximum atomic E-state index is 6.36. The van der Waals surface area contributed by atoms with Crippen LogP contribution in [0.2, 0.25) is 5.02 Å². The molecule has 0 N–H and O–H groups in total. The molecule has 0 saturated carbocycles. The van der Waals surface area contributed by atoms with E-state index in [4.69, 9.17) is 16.3 Å². The molecule has 0 aliphatic heterocycles. The van der Waals surface area contributed by atoms with Gasteiger partial charge in [-0.05, 0) is 30.0 Å². The standard InChI is InChI=1S/C21H20ClNO/c22-20-13-14-23-15-19(20)21(12-11-17-7-3-1-4-8-17)24-16-18-9-5-2-6-10-18/h1-10,13-15,21H,11-12,16H2. The molecule has 0 amide bonds. The van der Waals surface area contributed by atoms with E-state index in [2.05, 4.69) is 41.4 Å². The van der Waals surface area contributed by atoms with Gasteiger partial charge in [-0.25, -0.2) is 0 Å². The van der Waals surface area contributed by atoms with Gasteiger partial charge in [-0.15, -0.1) is 0 Å². The Kier molecular flexibility index (Phi) is 6.00. The minimum atomic E-state index is -0.0772. The highest BCUT2D eigenvalue weighted by atomic mass is 35.5. The quantitative estimate of drug-likeness (QED) is 0.557. The van der Waals surface area contributed by atoms with Crippen LogP contribution in [-0.2, 0) is 17.8 Å². The van der Waals surface area contributed by atoms with Crippen LogP contribution >= 0.6 is 11.6 Å². The molecule has 3 aromatic rings. The fraction of sp³-hybridized carbons (Fsp3) is 0.190. The van der Waals surface area contributed by atoms with Crippen molar-refractivity contribution in [1.82, 2.24) is 4.98 Å². The van der Waals surface area contributed by atoms with Gasteiger partial charge in [0.2, 0.25) is 0 Å². The van der Waals surface area contributed by atoms with Gasteiger partial charge < -0.3 is 4.74 Å². The van der Waals surface area contributed by atoms with Crippen molar-refractivity contribution in [3.05, 3.63) is 101 Å². The number of aryl methyl sites for hydroxylation is 1. The molecule has 0 aliphatic carbocycles. The molecule has 3 heteroatoms. The van der Waals surface area contributed by atoms with E-state index in [1.807, 2.05) is 36.5 Å². The normalized spacial score (nSPS) is 12.0. The molecule has 1 heterocycles. The minimum absolute atomic E-state index is 0.0772. The molecule has 1 aromatic heterocycles. The molecule has 1 atom stereocenters. The second kappa shape index (κ2) is 8.62. The van der Waals surface area contributed by atoms with Gasteiger partial charge in [0.1, 0.15) is 0 Å². The molecular formula is C21H20ClNO. The highest BCUT2D eigenvalue weighted by molar-refractivity contribution is 6.31. The first kappa shape index (κ1) is 16.7. The van der Waals surface area contributed by atoms with E-state index in [1.54, 1.807) is 6.20 Å². The maximum absolute atomic E-state index is 6.36. The summed E-state index contributed by atoms with van der Waals surface area (Å²) in [6, 6.07) is 22.4. The Hall–Kier alpha value is -2.16. The number of ether oxygens (including phenoxy) is 1. The first-order valence-corrected chi connectivity index (χ1v) is 8.49. The predicted molar refractivity (Wildman–Crippen MR) is 98.0 cm³/mol. The molecule has 1 unspecified atom stereocenters. The molecule has 2 nitrogen and oxygen atoms in total. The van der Waals surface area contributed by atoms with Crippen molar-refractivity contribution in [3.8, 4) is 0 Å². The van der Waals surface area contributed by atoms with E-state index in [0.29, 0.717) is 11.6 Å². The fourth-order valence-corrected chi connectivity index (χ4v) is 2.90. The minimum Gasteiger partial charge on any atom is -0.369 e. The second-order valence-electron chi connectivity index (χ2n) is 5.71. The van der Waals surface area contributed by atoms with Crippen molar-refractivity contribution >= 4 is 11.6 Å². The van der Waals surface area contributed by atoms with E-state index in [-0.39, 0.29) is 6.10 Å². The Morgan fingerprint density at radius 2 is 1.54 bits per heavy atom. The predicted octanol–water partition coefficient (Wildman–Crippen LogP) is 5.63. The molecule has 0 radical (unpaired) electrons. The molecule has 122 valence electrons. The zero-order valence-electron chi connectivity index (χ0n) is 13.4. The lowest BCUT2D eigenvalue weighted by Crippen LogP contribution is -2.07. The monoisotopic (exact) mass is 337 g/mol. The largest absolute Gasteiger partial charge is 0.369 e. The number of halogens is 1. The van der Waals surface area contributed by atoms with Crippen molar-refractivity contribution in [2.24, 2.45) is 0 Å². The van der Waals surface area contributed by atoms with Gasteiger partial charge >= 0.3 is 0 Å². The van der Waals surface area contributed by atoms with Crippen molar-refractivity contribution in [2.75, 3.05) is 0 Å². The van der Waals surface area contributed by atoms with Crippen molar-refractivity contribution < 1.29 is 4.74 Å². The first-order chi connectivity index (χ1) is 11.8. The molecule has 3 rings (SSSR count). The average molecular weight is 338 g/mol. The summed E-state index contributed by atoms with van der Waals surface area (Å²) in [5.41, 5.74) is 3.40. The summed E-state index contributed by atoms with van der Waals surface area (Å²) in [5, 5.41) is 0.705. The van der Waals surface area contributed by atoms with Crippen LogP contribution < -0.4 is 0 Å². The molecule has 0 aliphatic rings. The Morgan fingerprint density at radius 1 is 0.875 bits per heavy atom. The zero-order valence-corrected chi connectivity index (χ0v) is 14.2. The van der Waals surface area contributed by atoms with Crippen LogP contribution in [0.3, 0.4) is 0 Å². The first-order valence-electron chi connectivity index (χ1n) is 8.12. The van der Waals surface area contributed by atoms with E-state index in [0.717, 1.165) is 24.0 Å². The summed E-state index contributed by atoms with van der Waals surface area (Å²) >= 11 is 6.36. The van der Waals surface area contributed by atoms with Gasteiger partial charge in [-0.1, -0.05) is 72.3 Å². The third-order valence-corrected chi connectivity index (χ3v) is 4.32. The summed E-state index contributed by atoms with van der Waals surface area (Å²) in [6.07, 6.45) is 5.24. The molecule has 0 saturated heterocycles. The zero-order chi connectivity index (χ0) is 16.6. The summed E-state index contributed by atoms with van der Waals surface area (Å²) in [6.45, 7) is 0.561. The molecule has 0 fully saturated rings. The van der Waals surface area contributed by atoms with Crippen LogP contribution in [0, 0.1) is 0 Å². The third-order valence-electron chi connectivity index (χ3n) is 3.98. The number of aromatic nitrogens is 1. The topological polar surface area (TPSA) is 22.1 Å². The Morgan fingerprint density at radius 3 is 2.21 bits per heavy atom. The van der Waals surface area contributed by atoms with E-state index in [1.165, 1.54) is 5.56 Å². The van der Waals surface area contributed by atoms with E-state index >= 15 is 0 Å². The van der Waals surface area contributed by atoms with Crippen LogP contribution in [0.4, 0.5) is 0 Å². The summed E-state index contributed by atoms with van der Waals surface area (Å²) in [7, 11) is 0. The third kappa shape index (κ3) is 4.67. The van der Waals surface area contributed by atoms with Crippen molar-refractivity contribution in [3.63, 3.8) is 0 Å². The Bertz CT molecular complexity index is 703. The lowest BCUT2D eigenvalue weighted by molar-refractivity contribution is 0.0339. The van der Waals surface area contributed by atoms with Crippen LogP contribution in [0.25, 0.3) is 0 Å². The van der Waals surface area contributed by atoms with E-state index < -0.39 is 0 Å². The molecule has 0 bridgehead atoms. The van der Waals surface area contributed by atoms with Gasteiger partial charge in [0.25, 0.3) is 0 Å². The van der Waals surface area contributed by atoms with Crippen molar-refractivity contribution in [1.29, 1.82) is 0 Å². The number of pyridine rings is 1. The second-order valence-corrected chi connectivity index (χ2v) is 6.11. The molecule has 0 spiro atoms. The highest BCUT2D eigenvalue weighted by Crippen LogP contribution is 2.29. The summed E-state index contributed by atoms with van der Waals surface area (Å²) < 4.78 is 6.19. The number of rotatable bonds is 7.